The van der Waals surface area contributed by atoms with Crippen molar-refractivity contribution in [2.75, 3.05) is 17.2 Å². The Morgan fingerprint density at radius 1 is 1.09 bits per heavy atom. The highest BCUT2D eigenvalue weighted by Gasteiger charge is 2.33. The van der Waals surface area contributed by atoms with Crippen molar-refractivity contribution >= 4 is 23.2 Å². The molecule has 1 aromatic rings. The quantitative estimate of drug-likeness (QED) is 0.724. The summed E-state index contributed by atoms with van der Waals surface area (Å²) in [6.07, 6.45) is 3.38. The number of benzene rings is 1. The zero-order chi connectivity index (χ0) is 16.2. The van der Waals surface area contributed by atoms with Crippen molar-refractivity contribution in [3.63, 3.8) is 0 Å². The van der Waals surface area contributed by atoms with Gasteiger partial charge in [0, 0.05) is 23.8 Å². The third-order valence-corrected chi connectivity index (χ3v) is 4.58. The van der Waals surface area contributed by atoms with E-state index in [2.05, 4.69) is 10.6 Å². The molecule has 2 rings (SSSR count). The Balaban J connectivity index is 1.98. The Bertz CT molecular complexity index is 523. The molecule has 0 spiro atoms. The Hall–Kier alpha value is -1.88. The predicted molar refractivity (Wildman–Crippen MR) is 88.5 cm³/mol. The van der Waals surface area contributed by atoms with Gasteiger partial charge in [-0.15, -0.1) is 0 Å². The fourth-order valence-corrected chi connectivity index (χ4v) is 2.44. The highest BCUT2D eigenvalue weighted by Crippen LogP contribution is 2.30. The molecule has 0 atom stereocenters. The lowest BCUT2D eigenvalue weighted by Gasteiger charge is -2.28. The van der Waals surface area contributed by atoms with Gasteiger partial charge in [0.2, 0.25) is 11.8 Å². The molecule has 0 saturated heterocycles. The summed E-state index contributed by atoms with van der Waals surface area (Å²) in [4.78, 5) is 24.1. The van der Waals surface area contributed by atoms with Crippen LogP contribution in [0.4, 0.5) is 11.4 Å². The number of carbonyl (C=O) groups excluding carboxylic acids is 2. The molecule has 0 aromatic heterocycles. The van der Waals surface area contributed by atoms with Gasteiger partial charge in [-0.3, -0.25) is 9.59 Å². The smallest absolute Gasteiger partial charge is 0.231 e. The first-order chi connectivity index (χ1) is 10.5. The number of nitrogens with one attached hydrogen (secondary N) is 2. The van der Waals surface area contributed by atoms with Gasteiger partial charge < -0.3 is 16.4 Å². The number of rotatable bonds is 7. The molecule has 1 fully saturated rings. The topological polar surface area (TPSA) is 84.2 Å². The molecule has 0 unspecified atom stereocenters. The summed E-state index contributed by atoms with van der Waals surface area (Å²) >= 11 is 0. The van der Waals surface area contributed by atoms with E-state index in [1.54, 1.807) is 24.3 Å². The Morgan fingerprint density at radius 2 is 1.59 bits per heavy atom. The molecular formula is C17H25N3O2. The van der Waals surface area contributed by atoms with Gasteiger partial charge in [0.15, 0.2) is 0 Å². The van der Waals surface area contributed by atoms with Crippen molar-refractivity contribution in [1.29, 1.82) is 0 Å². The number of hydrogen-bond donors (Lipinski definition) is 3. The summed E-state index contributed by atoms with van der Waals surface area (Å²) in [5.74, 6) is 0.212. The third kappa shape index (κ3) is 3.65. The maximum absolute atomic E-state index is 12.4. The lowest BCUT2D eigenvalue weighted by atomic mass is 9.81. The molecule has 5 heteroatoms. The van der Waals surface area contributed by atoms with E-state index in [0.717, 1.165) is 18.5 Å². The molecule has 22 heavy (non-hydrogen) atoms. The van der Waals surface area contributed by atoms with Crippen LogP contribution in [0.15, 0.2) is 24.3 Å². The first-order valence-electron chi connectivity index (χ1n) is 7.97. The van der Waals surface area contributed by atoms with Crippen LogP contribution in [0.5, 0.6) is 0 Å². The standard InChI is InChI=1S/C17H25N3O2/c1-3-17(4-2,11-18)16(22)20-14-9-7-13(8-10-14)19-15(21)12-5-6-12/h7-10,12H,3-6,11,18H2,1-2H3,(H,19,21)(H,20,22). The third-order valence-electron chi connectivity index (χ3n) is 4.58. The fourth-order valence-electron chi connectivity index (χ4n) is 2.44. The summed E-state index contributed by atoms with van der Waals surface area (Å²) in [5.41, 5.74) is 6.75. The van der Waals surface area contributed by atoms with E-state index in [1.165, 1.54) is 0 Å². The summed E-state index contributed by atoms with van der Waals surface area (Å²) in [5, 5.41) is 5.80. The minimum Gasteiger partial charge on any atom is -0.329 e. The number of nitrogens with two attached hydrogens (primary N) is 1. The zero-order valence-electron chi connectivity index (χ0n) is 13.3. The lowest BCUT2D eigenvalue weighted by molar-refractivity contribution is -0.125. The second-order valence-corrected chi connectivity index (χ2v) is 5.99. The number of amides is 2. The average molecular weight is 303 g/mol. The van der Waals surface area contributed by atoms with Crippen molar-refractivity contribution in [2.24, 2.45) is 17.1 Å². The first kappa shape index (κ1) is 16.5. The highest BCUT2D eigenvalue weighted by atomic mass is 16.2. The first-order valence-corrected chi connectivity index (χ1v) is 7.97. The Morgan fingerprint density at radius 3 is 2.00 bits per heavy atom. The largest absolute Gasteiger partial charge is 0.329 e. The molecule has 0 radical (unpaired) electrons. The summed E-state index contributed by atoms with van der Waals surface area (Å²) in [6, 6.07) is 7.20. The van der Waals surface area contributed by atoms with Gasteiger partial charge >= 0.3 is 0 Å². The van der Waals surface area contributed by atoms with Crippen LogP contribution >= 0.6 is 0 Å². The summed E-state index contributed by atoms with van der Waals surface area (Å²) in [6.45, 7) is 4.29. The van der Waals surface area contributed by atoms with E-state index in [9.17, 15) is 9.59 Å². The van der Waals surface area contributed by atoms with Gasteiger partial charge in [-0.2, -0.15) is 0 Å². The lowest BCUT2D eigenvalue weighted by Crippen LogP contribution is -2.41. The van der Waals surface area contributed by atoms with Crippen molar-refractivity contribution in [3.8, 4) is 0 Å². The second kappa shape index (κ2) is 6.92. The highest BCUT2D eigenvalue weighted by molar-refractivity contribution is 5.96. The normalized spacial score (nSPS) is 14.5. The van der Waals surface area contributed by atoms with Crippen LogP contribution in [0.2, 0.25) is 0 Å². The van der Waals surface area contributed by atoms with Crippen LogP contribution < -0.4 is 16.4 Å². The maximum atomic E-state index is 12.4. The van der Waals surface area contributed by atoms with E-state index in [0.29, 0.717) is 25.1 Å². The van der Waals surface area contributed by atoms with E-state index in [-0.39, 0.29) is 17.7 Å². The van der Waals surface area contributed by atoms with Gasteiger partial charge in [0.1, 0.15) is 0 Å². The minimum absolute atomic E-state index is 0.0465. The van der Waals surface area contributed by atoms with Gasteiger partial charge in [0.25, 0.3) is 0 Å². The van der Waals surface area contributed by atoms with Gasteiger partial charge in [0.05, 0.1) is 5.41 Å². The molecule has 1 aromatic carbocycles. The number of carbonyl (C=O) groups is 2. The SMILES string of the molecule is CCC(CC)(CN)C(=O)Nc1ccc(NC(=O)C2CC2)cc1. The van der Waals surface area contributed by atoms with E-state index >= 15 is 0 Å². The monoisotopic (exact) mass is 303 g/mol. The molecule has 4 N–H and O–H groups in total. The van der Waals surface area contributed by atoms with E-state index < -0.39 is 5.41 Å². The Kier molecular flexibility index (Phi) is 5.19. The van der Waals surface area contributed by atoms with Crippen LogP contribution in [0.3, 0.4) is 0 Å². The van der Waals surface area contributed by atoms with Gasteiger partial charge in [-0.25, -0.2) is 0 Å². The van der Waals surface area contributed by atoms with Crippen LogP contribution in [0.1, 0.15) is 39.5 Å². The molecule has 1 aliphatic rings. The summed E-state index contributed by atoms with van der Waals surface area (Å²) < 4.78 is 0. The minimum atomic E-state index is -0.515. The van der Waals surface area contributed by atoms with Gasteiger partial charge in [-0.1, -0.05) is 13.8 Å². The average Bonchev–Trinajstić information content (AvgIpc) is 3.36. The predicted octanol–water partition coefficient (Wildman–Crippen LogP) is 2.74. The summed E-state index contributed by atoms with van der Waals surface area (Å²) in [7, 11) is 0. The molecule has 120 valence electrons. The van der Waals surface area contributed by atoms with Crippen LogP contribution in [0, 0.1) is 11.3 Å². The van der Waals surface area contributed by atoms with E-state index in [1.807, 2.05) is 13.8 Å². The molecule has 0 heterocycles. The molecule has 1 saturated carbocycles. The zero-order valence-corrected chi connectivity index (χ0v) is 13.3. The van der Waals surface area contributed by atoms with Crippen molar-refractivity contribution < 1.29 is 9.59 Å². The second-order valence-electron chi connectivity index (χ2n) is 5.99. The van der Waals surface area contributed by atoms with Gasteiger partial charge in [-0.05, 0) is 49.9 Å². The number of anilines is 2. The van der Waals surface area contributed by atoms with Crippen molar-refractivity contribution in [3.05, 3.63) is 24.3 Å². The van der Waals surface area contributed by atoms with Crippen LogP contribution in [-0.2, 0) is 9.59 Å². The molecule has 5 nitrogen and oxygen atoms in total. The van der Waals surface area contributed by atoms with Crippen LogP contribution in [0.25, 0.3) is 0 Å². The molecule has 0 aliphatic heterocycles. The Labute approximate surface area is 131 Å². The van der Waals surface area contributed by atoms with Crippen molar-refractivity contribution in [1.82, 2.24) is 0 Å². The molecule has 0 bridgehead atoms. The molecule has 1 aliphatic carbocycles. The number of hydrogen-bond acceptors (Lipinski definition) is 3. The van der Waals surface area contributed by atoms with Crippen LogP contribution in [-0.4, -0.2) is 18.4 Å². The molecule has 2 amide bonds. The molecular weight excluding hydrogens is 278 g/mol. The van der Waals surface area contributed by atoms with E-state index in [4.69, 9.17) is 5.73 Å². The maximum Gasteiger partial charge on any atom is 0.231 e. The fraction of sp³-hybridized carbons (Fsp3) is 0.529. The van der Waals surface area contributed by atoms with Crippen molar-refractivity contribution in [2.45, 2.75) is 39.5 Å².